The van der Waals surface area contributed by atoms with E-state index < -0.39 is 0 Å². The van der Waals surface area contributed by atoms with Gasteiger partial charge in [-0.2, -0.15) is 0 Å². The smallest absolute Gasteiger partial charge is 0.327 e. The third-order valence-electron chi connectivity index (χ3n) is 0.526. The standard InChI is InChI=1S/C2Cl2N2O2/c3-1-2(4)6(7)8-5-1. The van der Waals surface area contributed by atoms with Crippen LogP contribution in [-0.2, 0) is 0 Å². The minimum absolute atomic E-state index is 0.0177. The number of hydrogen-bond donors (Lipinski definition) is 0. The molecule has 4 nitrogen and oxygen atoms in total. The Kier molecular flexibility index (Phi) is 1.27. The largest absolute Gasteiger partial charge is 0.358 e. The van der Waals surface area contributed by atoms with Crippen LogP contribution in [0.15, 0.2) is 4.63 Å². The Balaban J connectivity index is 3.19. The van der Waals surface area contributed by atoms with E-state index in [2.05, 4.69) is 9.79 Å². The molecule has 0 aliphatic heterocycles. The molecule has 0 spiro atoms. The van der Waals surface area contributed by atoms with Gasteiger partial charge in [0, 0.05) is 0 Å². The second-order valence-electron chi connectivity index (χ2n) is 1.01. The number of nitrogens with zero attached hydrogens (tertiary/aromatic N) is 2. The molecule has 44 valence electrons. The van der Waals surface area contributed by atoms with E-state index in [-0.39, 0.29) is 15.2 Å². The number of halogens is 2. The maximum Gasteiger partial charge on any atom is 0.327 e. The van der Waals surface area contributed by atoms with Crippen molar-refractivity contribution in [3.63, 3.8) is 0 Å². The fourth-order valence-corrected chi connectivity index (χ4v) is 0.387. The lowest BCUT2D eigenvalue weighted by Crippen LogP contribution is -2.22. The number of rotatable bonds is 0. The molecule has 0 saturated heterocycles. The summed E-state index contributed by atoms with van der Waals surface area (Å²) < 4.78 is 3.94. The fourth-order valence-electron chi connectivity index (χ4n) is 0.222. The summed E-state index contributed by atoms with van der Waals surface area (Å²) in [4.78, 5) is 0.0177. The molecular formula is C2Cl2N2O2. The van der Waals surface area contributed by atoms with Crippen LogP contribution in [-0.4, -0.2) is 5.16 Å². The van der Waals surface area contributed by atoms with Gasteiger partial charge in [0.1, 0.15) is 0 Å². The van der Waals surface area contributed by atoms with Gasteiger partial charge in [-0.1, -0.05) is 0 Å². The van der Waals surface area contributed by atoms with E-state index in [1.165, 1.54) is 0 Å². The predicted octanol–water partition coefficient (Wildman–Crippen LogP) is 0.615. The quantitative estimate of drug-likeness (QED) is 0.515. The van der Waals surface area contributed by atoms with Crippen LogP contribution in [0.2, 0.25) is 10.3 Å². The van der Waals surface area contributed by atoms with Crippen molar-refractivity contribution in [3.05, 3.63) is 15.5 Å². The highest BCUT2D eigenvalue weighted by atomic mass is 35.5. The van der Waals surface area contributed by atoms with E-state index in [1.807, 2.05) is 0 Å². The van der Waals surface area contributed by atoms with Crippen molar-refractivity contribution in [2.24, 2.45) is 0 Å². The zero-order valence-electron chi connectivity index (χ0n) is 3.47. The summed E-state index contributed by atoms with van der Waals surface area (Å²) in [6.07, 6.45) is 0. The Morgan fingerprint density at radius 1 is 1.62 bits per heavy atom. The molecule has 0 unspecified atom stereocenters. The van der Waals surface area contributed by atoms with Crippen LogP contribution in [0.1, 0.15) is 0 Å². The highest BCUT2D eigenvalue weighted by Gasteiger charge is 2.11. The van der Waals surface area contributed by atoms with Crippen LogP contribution in [0.3, 0.4) is 0 Å². The summed E-state index contributed by atoms with van der Waals surface area (Å²) >= 11 is 10.3. The third kappa shape index (κ3) is 0.719. The highest BCUT2D eigenvalue weighted by molar-refractivity contribution is 6.39. The van der Waals surface area contributed by atoms with E-state index in [4.69, 9.17) is 23.2 Å². The Hall–Kier alpha value is -0.480. The SMILES string of the molecule is [O-][n+]1onc(Cl)c1Cl. The van der Waals surface area contributed by atoms with Gasteiger partial charge in [0.25, 0.3) is 0 Å². The van der Waals surface area contributed by atoms with Crippen molar-refractivity contribution >= 4 is 23.2 Å². The van der Waals surface area contributed by atoms with Crippen LogP contribution in [0, 0.1) is 5.21 Å². The third-order valence-corrected chi connectivity index (χ3v) is 1.19. The molecule has 0 aliphatic carbocycles. The summed E-state index contributed by atoms with van der Waals surface area (Å²) in [7, 11) is 0. The summed E-state index contributed by atoms with van der Waals surface area (Å²) in [6.45, 7) is 0. The molecule has 0 aromatic carbocycles. The van der Waals surface area contributed by atoms with E-state index in [0.717, 1.165) is 0 Å². The topological polar surface area (TPSA) is 53.0 Å². The van der Waals surface area contributed by atoms with Crippen molar-refractivity contribution < 1.29 is 9.53 Å². The molecule has 0 saturated carbocycles. The molecule has 0 radical (unpaired) electrons. The van der Waals surface area contributed by atoms with Crippen LogP contribution < -0.4 is 4.90 Å². The normalized spacial score (nSPS) is 9.75. The Labute approximate surface area is 54.1 Å². The molecular weight excluding hydrogens is 155 g/mol. The summed E-state index contributed by atoms with van der Waals surface area (Å²) in [5, 5.41) is 12.8. The van der Waals surface area contributed by atoms with Gasteiger partial charge in [-0.25, -0.2) is 0 Å². The lowest BCUT2D eigenvalue weighted by atomic mass is 10.9. The maximum atomic E-state index is 10.1. The highest BCUT2D eigenvalue weighted by Crippen LogP contribution is 2.12. The first-order valence-corrected chi connectivity index (χ1v) is 2.38. The van der Waals surface area contributed by atoms with Gasteiger partial charge in [-0.15, -0.1) is 0 Å². The second kappa shape index (κ2) is 1.80. The Morgan fingerprint density at radius 2 is 2.25 bits per heavy atom. The molecule has 0 aliphatic rings. The van der Waals surface area contributed by atoms with Crippen LogP contribution >= 0.6 is 23.2 Å². The van der Waals surface area contributed by atoms with E-state index >= 15 is 0 Å². The monoisotopic (exact) mass is 154 g/mol. The zero-order chi connectivity index (χ0) is 6.15. The van der Waals surface area contributed by atoms with Gasteiger partial charge in [-0.3, -0.25) is 4.63 Å². The first-order valence-electron chi connectivity index (χ1n) is 1.62. The molecule has 0 N–H and O–H groups in total. The second-order valence-corrected chi connectivity index (χ2v) is 1.73. The molecule has 8 heavy (non-hydrogen) atoms. The van der Waals surface area contributed by atoms with Crippen molar-refractivity contribution in [2.75, 3.05) is 0 Å². The lowest BCUT2D eigenvalue weighted by molar-refractivity contribution is -0.800. The molecule has 1 heterocycles. The molecule has 6 heteroatoms. The Morgan fingerprint density at radius 3 is 2.38 bits per heavy atom. The molecule has 1 aromatic heterocycles. The first kappa shape index (κ1) is 5.65. The van der Waals surface area contributed by atoms with E-state index in [0.29, 0.717) is 0 Å². The molecule has 0 amide bonds. The van der Waals surface area contributed by atoms with Crippen molar-refractivity contribution in [1.82, 2.24) is 5.16 Å². The fraction of sp³-hybridized carbons (Fsp3) is 0. The zero-order valence-corrected chi connectivity index (χ0v) is 4.98. The molecule has 1 rings (SSSR count). The van der Waals surface area contributed by atoms with E-state index in [1.54, 1.807) is 0 Å². The van der Waals surface area contributed by atoms with Crippen molar-refractivity contribution in [2.45, 2.75) is 0 Å². The minimum Gasteiger partial charge on any atom is -0.358 e. The van der Waals surface area contributed by atoms with Gasteiger partial charge in [0.15, 0.2) is 0 Å². The summed E-state index contributed by atoms with van der Waals surface area (Å²) in [5.74, 6) is 0. The number of hydrogen-bond acceptors (Lipinski definition) is 3. The molecule has 1 aromatic rings. The van der Waals surface area contributed by atoms with Crippen molar-refractivity contribution in [3.8, 4) is 0 Å². The summed E-state index contributed by atoms with van der Waals surface area (Å²) in [6, 6.07) is 0. The van der Waals surface area contributed by atoms with Crippen LogP contribution in [0.4, 0.5) is 0 Å². The molecule has 0 atom stereocenters. The van der Waals surface area contributed by atoms with Gasteiger partial charge in [0.2, 0.25) is 0 Å². The average molecular weight is 155 g/mol. The van der Waals surface area contributed by atoms with Crippen molar-refractivity contribution in [1.29, 1.82) is 0 Å². The van der Waals surface area contributed by atoms with Gasteiger partial charge >= 0.3 is 10.3 Å². The van der Waals surface area contributed by atoms with E-state index in [9.17, 15) is 5.21 Å². The van der Waals surface area contributed by atoms with Gasteiger partial charge < -0.3 is 5.21 Å². The Bertz CT molecular complexity index is 178. The van der Waals surface area contributed by atoms with Crippen LogP contribution in [0.5, 0.6) is 0 Å². The van der Waals surface area contributed by atoms with Gasteiger partial charge in [0.05, 0.1) is 5.16 Å². The predicted molar refractivity (Wildman–Crippen MR) is 25.5 cm³/mol. The molecule has 0 fully saturated rings. The minimum atomic E-state index is -0.244. The maximum absolute atomic E-state index is 10.1. The molecule has 0 bridgehead atoms. The average Bonchev–Trinajstić information content (AvgIpc) is 1.98. The first-order chi connectivity index (χ1) is 3.72. The summed E-state index contributed by atoms with van der Waals surface area (Å²) in [5.41, 5.74) is 0. The number of aromatic nitrogens is 2. The van der Waals surface area contributed by atoms with Gasteiger partial charge in [-0.05, 0) is 28.1 Å². The van der Waals surface area contributed by atoms with Crippen LogP contribution in [0.25, 0.3) is 0 Å². The lowest BCUT2D eigenvalue weighted by Gasteiger charge is -1.79.